The molecule has 206 valence electrons. The molecule has 0 aliphatic heterocycles. The molecular formula is C35H55NO. The Labute approximate surface area is 229 Å². The molecule has 0 saturated carbocycles. The zero-order valence-electron chi connectivity index (χ0n) is 25.1. The Morgan fingerprint density at radius 1 is 1.03 bits per heavy atom. The quantitative estimate of drug-likeness (QED) is 0.249. The van der Waals surface area contributed by atoms with Crippen LogP contribution in [0.4, 0.5) is 0 Å². The molecule has 1 atom stereocenters. The molecule has 2 rings (SSSR count). The molecular weight excluding hydrogens is 450 g/mol. The van der Waals surface area contributed by atoms with Gasteiger partial charge in [0.05, 0.1) is 0 Å². The molecule has 0 saturated heterocycles. The molecule has 1 aliphatic carbocycles. The molecule has 0 aromatic heterocycles. The van der Waals surface area contributed by atoms with E-state index in [4.69, 9.17) is 0 Å². The number of fused-ring (bicyclic) bond motifs is 1. The first-order chi connectivity index (χ1) is 16.4. The van der Waals surface area contributed by atoms with Crippen LogP contribution in [0.5, 0.6) is 0 Å². The van der Waals surface area contributed by atoms with Gasteiger partial charge in [-0.1, -0.05) is 88.9 Å². The minimum absolute atomic E-state index is 0. The molecule has 2 nitrogen and oxygen atoms in total. The molecule has 1 aromatic rings. The van der Waals surface area contributed by atoms with Gasteiger partial charge in [0.2, 0.25) is 0 Å². The number of aryl methyl sites for hydroxylation is 2. The van der Waals surface area contributed by atoms with E-state index in [1.54, 1.807) is 0 Å². The number of benzene rings is 1. The maximum absolute atomic E-state index is 4.66. The highest BCUT2D eigenvalue weighted by atomic mass is 16.0. The third kappa shape index (κ3) is 7.00. The molecule has 2 heteroatoms. The van der Waals surface area contributed by atoms with E-state index in [1.165, 1.54) is 63.0 Å². The van der Waals surface area contributed by atoms with Crippen LogP contribution in [0.25, 0.3) is 5.57 Å². The number of hydrogen-bond donors (Lipinski definition) is 1. The summed E-state index contributed by atoms with van der Waals surface area (Å²) in [6.07, 6.45) is 10.9. The highest BCUT2D eigenvalue weighted by molar-refractivity contribution is 5.79. The average molecular weight is 506 g/mol. The summed E-state index contributed by atoms with van der Waals surface area (Å²) in [6.45, 7) is 35.3. The first kappa shape index (κ1) is 34.3. The normalized spacial score (nSPS) is 16.7. The van der Waals surface area contributed by atoms with Gasteiger partial charge in [0.25, 0.3) is 0 Å². The second-order valence-electron chi connectivity index (χ2n) is 10.7. The van der Waals surface area contributed by atoms with Crippen LogP contribution in [-0.4, -0.2) is 5.48 Å². The Morgan fingerprint density at radius 2 is 1.62 bits per heavy atom. The third-order valence-corrected chi connectivity index (χ3v) is 8.07. The minimum Gasteiger partial charge on any atom is -0.412 e. The van der Waals surface area contributed by atoms with Crippen molar-refractivity contribution in [3.8, 4) is 0 Å². The third-order valence-electron chi connectivity index (χ3n) is 8.07. The maximum atomic E-state index is 4.66. The monoisotopic (exact) mass is 505 g/mol. The lowest BCUT2D eigenvalue weighted by Crippen LogP contribution is -2.21. The minimum atomic E-state index is -0.149. The van der Waals surface area contributed by atoms with Gasteiger partial charge < -0.3 is 11.6 Å². The van der Waals surface area contributed by atoms with Gasteiger partial charge in [-0.3, -0.25) is 0 Å². The maximum Gasteiger partial charge on any atom is 0.0134 e. The Balaban J connectivity index is 0. The zero-order chi connectivity index (χ0) is 26.5. The lowest BCUT2D eigenvalue weighted by atomic mass is 9.70. The lowest BCUT2D eigenvalue weighted by Gasteiger charge is -2.34. The topological polar surface area (TPSA) is 66.5 Å². The van der Waals surface area contributed by atoms with Crippen LogP contribution in [0.3, 0.4) is 0 Å². The summed E-state index contributed by atoms with van der Waals surface area (Å²) in [7, 11) is 0. The summed E-state index contributed by atoms with van der Waals surface area (Å²) < 4.78 is 0. The summed E-state index contributed by atoms with van der Waals surface area (Å²) >= 11 is 0. The predicted molar refractivity (Wildman–Crippen MR) is 170 cm³/mol. The molecule has 0 fully saturated rings. The van der Waals surface area contributed by atoms with Crippen molar-refractivity contribution in [1.82, 2.24) is 6.15 Å². The van der Waals surface area contributed by atoms with Crippen molar-refractivity contribution in [2.75, 3.05) is 0 Å². The Morgan fingerprint density at radius 3 is 2.11 bits per heavy atom. The van der Waals surface area contributed by atoms with Crippen LogP contribution >= 0.6 is 0 Å². The van der Waals surface area contributed by atoms with Gasteiger partial charge in [-0.25, -0.2) is 0 Å². The van der Waals surface area contributed by atoms with E-state index in [-0.39, 0.29) is 18.5 Å². The van der Waals surface area contributed by atoms with Gasteiger partial charge in [0.1, 0.15) is 0 Å². The van der Waals surface area contributed by atoms with Crippen molar-refractivity contribution in [1.29, 1.82) is 0 Å². The van der Waals surface area contributed by atoms with Crippen molar-refractivity contribution < 1.29 is 6.90 Å². The number of hydrogen-bond acceptors (Lipinski definition) is 1. The van der Waals surface area contributed by atoms with Crippen molar-refractivity contribution in [2.24, 2.45) is 5.41 Å². The van der Waals surface area contributed by atoms with E-state index >= 15 is 0 Å². The van der Waals surface area contributed by atoms with E-state index in [1.807, 2.05) is 6.08 Å². The van der Waals surface area contributed by atoms with Crippen LogP contribution in [-0.2, 0) is 6.42 Å². The van der Waals surface area contributed by atoms with Crippen LogP contribution in [0.1, 0.15) is 97.3 Å². The highest BCUT2D eigenvalue weighted by Gasteiger charge is 2.30. The standard InChI is InChI=1S/C35H48.H3N.H2O.H2/c1-13-21-35(12,24(6)7)33(29(14-2)23(4)5)22-27(10)28(11)30(15-3)32-18-16-17-31-25(8)19-20-26(9)34(31)32;;;/h14,19-20,22H,2,4,6,11,13,15-18,21H2,1,3,5,7-10,12H3;1H3;1H2;1H/b27-22+,32-30-,33-29+;;;/t35-;;;/m0.../s1. The predicted octanol–water partition coefficient (Wildman–Crippen LogP) is 10.3. The van der Waals surface area contributed by atoms with E-state index in [0.29, 0.717) is 0 Å². The molecule has 0 unspecified atom stereocenters. The van der Waals surface area contributed by atoms with Crippen LogP contribution in [0.15, 0.2) is 89.6 Å². The van der Waals surface area contributed by atoms with E-state index in [9.17, 15) is 0 Å². The molecule has 0 amide bonds. The summed E-state index contributed by atoms with van der Waals surface area (Å²) in [4.78, 5) is 0. The molecule has 0 bridgehead atoms. The summed E-state index contributed by atoms with van der Waals surface area (Å²) in [5, 5.41) is 0. The van der Waals surface area contributed by atoms with Crippen LogP contribution in [0, 0.1) is 19.3 Å². The van der Waals surface area contributed by atoms with Crippen molar-refractivity contribution in [3.63, 3.8) is 0 Å². The second kappa shape index (κ2) is 14.3. The van der Waals surface area contributed by atoms with Crippen molar-refractivity contribution >= 4 is 5.57 Å². The molecule has 0 spiro atoms. The van der Waals surface area contributed by atoms with Crippen LogP contribution < -0.4 is 6.15 Å². The smallest absolute Gasteiger partial charge is 0.0134 e. The fourth-order valence-electron chi connectivity index (χ4n) is 5.76. The molecule has 1 aromatic carbocycles. The van der Waals surface area contributed by atoms with Gasteiger partial charge >= 0.3 is 0 Å². The van der Waals surface area contributed by atoms with Gasteiger partial charge in [-0.15, -0.1) is 0 Å². The van der Waals surface area contributed by atoms with Gasteiger partial charge in [-0.05, 0) is 122 Å². The van der Waals surface area contributed by atoms with Crippen LogP contribution in [0.2, 0.25) is 0 Å². The molecule has 1 aliphatic rings. The number of rotatable bonds is 10. The van der Waals surface area contributed by atoms with Gasteiger partial charge in [-0.2, -0.15) is 0 Å². The second-order valence-corrected chi connectivity index (χ2v) is 10.7. The first-order valence-electron chi connectivity index (χ1n) is 13.3. The van der Waals surface area contributed by atoms with E-state index in [2.05, 4.69) is 99.9 Å². The Hall–Kier alpha value is -2.68. The largest absolute Gasteiger partial charge is 0.412 e. The zero-order valence-corrected chi connectivity index (χ0v) is 25.1. The Kier molecular flexibility index (Phi) is 13.3. The van der Waals surface area contributed by atoms with Gasteiger partial charge in [0, 0.05) is 6.84 Å². The highest BCUT2D eigenvalue weighted by Crippen LogP contribution is 2.45. The fourth-order valence-corrected chi connectivity index (χ4v) is 5.76. The summed E-state index contributed by atoms with van der Waals surface area (Å²) in [5.41, 5.74) is 15.5. The van der Waals surface area contributed by atoms with Crippen molar-refractivity contribution in [2.45, 2.75) is 93.9 Å². The van der Waals surface area contributed by atoms with E-state index < -0.39 is 0 Å². The molecule has 37 heavy (non-hydrogen) atoms. The summed E-state index contributed by atoms with van der Waals surface area (Å²) in [6, 6.07) is 4.56. The molecule has 0 radical (unpaired) electrons. The first-order valence-corrected chi connectivity index (χ1v) is 13.3. The SMILES string of the molecule is C=C/C(C(=C)C)=C(/C=C(\C)C(=C)/C(CC)=C1/CCCc2c(C)ccc(C)c21)[C@@](C)(CCC)C(=C)C.N.O.[HH]. The molecule has 0 heterocycles. The summed E-state index contributed by atoms with van der Waals surface area (Å²) in [5.74, 6) is 0. The Bertz CT molecular complexity index is 1140. The fraction of sp³-hybridized carbons (Fsp3) is 0.429. The average Bonchev–Trinajstić information content (AvgIpc) is 2.81. The lowest BCUT2D eigenvalue weighted by molar-refractivity contribution is 0.440. The van der Waals surface area contributed by atoms with Crippen molar-refractivity contribution in [3.05, 3.63) is 112 Å². The van der Waals surface area contributed by atoms with E-state index in [0.717, 1.165) is 42.4 Å². The number of allylic oxidation sites excluding steroid dienone is 10. The van der Waals surface area contributed by atoms with Gasteiger partial charge in [0.15, 0.2) is 0 Å². The molecule has 5 N–H and O–H groups in total.